The first-order valence-electron chi connectivity index (χ1n) is 11.6. The Morgan fingerprint density at radius 3 is 2.74 bits per heavy atom. The number of fused-ring (bicyclic) bond motifs is 1. The van der Waals surface area contributed by atoms with E-state index in [4.69, 9.17) is 9.72 Å². The number of nitrogens with zero attached hydrogens (tertiary/aromatic N) is 4. The molecule has 1 unspecified atom stereocenters. The number of anilines is 1. The zero-order valence-corrected chi connectivity index (χ0v) is 18.0. The Bertz CT molecular complexity index is 900. The molecule has 1 N–H and O–H groups in total. The van der Waals surface area contributed by atoms with Gasteiger partial charge in [0.15, 0.2) is 0 Å². The van der Waals surface area contributed by atoms with Crippen molar-refractivity contribution in [3.8, 4) is 0 Å². The van der Waals surface area contributed by atoms with Gasteiger partial charge in [-0.25, -0.2) is 14.8 Å². The number of urea groups is 1. The van der Waals surface area contributed by atoms with Gasteiger partial charge in [0, 0.05) is 38.5 Å². The summed E-state index contributed by atoms with van der Waals surface area (Å²) in [5, 5.41) is 3.45. The van der Waals surface area contributed by atoms with E-state index in [1.165, 1.54) is 12.0 Å². The lowest BCUT2D eigenvalue weighted by atomic mass is 9.95. The number of hydrogen-bond acceptors (Lipinski definition) is 5. The molecule has 1 atom stereocenters. The van der Waals surface area contributed by atoms with Crippen LogP contribution in [0, 0.1) is 0 Å². The van der Waals surface area contributed by atoms with Crippen LogP contribution in [0.5, 0.6) is 0 Å². The second-order valence-corrected chi connectivity index (χ2v) is 8.77. The molecule has 3 aliphatic rings. The summed E-state index contributed by atoms with van der Waals surface area (Å²) in [5.74, 6) is 0.667. The Hall–Kier alpha value is -2.67. The minimum atomic E-state index is 0.136. The minimum Gasteiger partial charge on any atom is -0.381 e. The largest absolute Gasteiger partial charge is 0.381 e. The number of piperidine rings is 1. The van der Waals surface area contributed by atoms with Gasteiger partial charge in [-0.1, -0.05) is 30.3 Å². The maximum Gasteiger partial charge on any atom is 0.320 e. The summed E-state index contributed by atoms with van der Waals surface area (Å²) in [5.41, 5.74) is 3.36. The van der Waals surface area contributed by atoms with E-state index in [-0.39, 0.29) is 12.1 Å². The molecule has 0 saturated carbocycles. The van der Waals surface area contributed by atoms with Crippen molar-refractivity contribution in [2.75, 3.05) is 31.6 Å². The fourth-order valence-corrected chi connectivity index (χ4v) is 4.92. The van der Waals surface area contributed by atoms with Crippen molar-refractivity contribution in [3.63, 3.8) is 0 Å². The van der Waals surface area contributed by atoms with Gasteiger partial charge in [-0.2, -0.15) is 0 Å². The molecule has 0 aliphatic carbocycles. The van der Waals surface area contributed by atoms with Crippen molar-refractivity contribution in [2.45, 2.75) is 57.2 Å². The molecule has 2 amide bonds. The third kappa shape index (κ3) is 4.51. The van der Waals surface area contributed by atoms with Gasteiger partial charge in [-0.3, -0.25) is 0 Å². The van der Waals surface area contributed by atoms with Crippen molar-refractivity contribution >= 4 is 12.0 Å². The van der Waals surface area contributed by atoms with Gasteiger partial charge >= 0.3 is 6.03 Å². The fraction of sp³-hybridized carbons (Fsp3) is 0.542. The van der Waals surface area contributed by atoms with Crippen molar-refractivity contribution in [1.82, 2.24) is 19.8 Å². The number of hydrogen-bond donors (Lipinski definition) is 1. The average Bonchev–Trinajstić information content (AvgIpc) is 2.84. The van der Waals surface area contributed by atoms with Gasteiger partial charge in [0.05, 0.1) is 18.3 Å². The Kier molecular flexibility index (Phi) is 6.02. The molecule has 5 rings (SSSR count). The Balaban J connectivity index is 1.29. The second-order valence-electron chi connectivity index (χ2n) is 8.77. The Labute approximate surface area is 183 Å². The highest BCUT2D eigenvalue weighted by atomic mass is 16.5. The van der Waals surface area contributed by atoms with E-state index in [1.54, 1.807) is 0 Å². The number of benzene rings is 1. The summed E-state index contributed by atoms with van der Waals surface area (Å²) in [6.07, 6.45) is 7.95. The maximum absolute atomic E-state index is 13.5. The molecule has 0 bridgehead atoms. The van der Waals surface area contributed by atoms with E-state index < -0.39 is 0 Å². The summed E-state index contributed by atoms with van der Waals surface area (Å²) in [7, 11) is 0. The molecule has 2 fully saturated rings. The van der Waals surface area contributed by atoms with Crippen LogP contribution in [0.1, 0.15) is 55.0 Å². The van der Waals surface area contributed by atoms with Crippen LogP contribution in [-0.2, 0) is 17.7 Å². The van der Waals surface area contributed by atoms with Gasteiger partial charge in [-0.15, -0.1) is 0 Å². The van der Waals surface area contributed by atoms with E-state index >= 15 is 0 Å². The molecule has 7 nitrogen and oxygen atoms in total. The Morgan fingerprint density at radius 1 is 1.06 bits per heavy atom. The molecule has 2 saturated heterocycles. The normalized spacial score (nSPS) is 22.1. The van der Waals surface area contributed by atoms with Crippen LogP contribution in [0.2, 0.25) is 0 Å². The first-order valence-corrected chi connectivity index (χ1v) is 11.6. The highest BCUT2D eigenvalue weighted by Gasteiger charge is 2.33. The minimum absolute atomic E-state index is 0.136. The molecule has 4 heterocycles. The van der Waals surface area contributed by atoms with Gasteiger partial charge < -0.3 is 19.9 Å². The van der Waals surface area contributed by atoms with Crippen LogP contribution >= 0.6 is 0 Å². The van der Waals surface area contributed by atoms with Crippen molar-refractivity contribution in [3.05, 3.63) is 53.3 Å². The van der Waals surface area contributed by atoms with Gasteiger partial charge in [0.1, 0.15) is 0 Å². The molecule has 0 spiro atoms. The second kappa shape index (κ2) is 9.22. The molecule has 3 aliphatic heterocycles. The lowest BCUT2D eigenvalue weighted by Crippen LogP contribution is -2.48. The van der Waals surface area contributed by atoms with Crippen LogP contribution in [0.3, 0.4) is 0 Å². The summed E-state index contributed by atoms with van der Waals surface area (Å²) < 4.78 is 5.44. The lowest BCUT2D eigenvalue weighted by molar-refractivity contribution is 0.0902. The van der Waals surface area contributed by atoms with Crippen LogP contribution in [0.25, 0.3) is 0 Å². The molecule has 7 heteroatoms. The molecule has 1 aromatic heterocycles. The number of likely N-dealkylation sites (tertiary alicyclic amines) is 1. The number of ether oxygens (including phenoxy) is 1. The van der Waals surface area contributed by atoms with Crippen LogP contribution in [0.4, 0.5) is 10.7 Å². The summed E-state index contributed by atoms with van der Waals surface area (Å²) in [6, 6.07) is 11.1. The first kappa shape index (κ1) is 20.2. The van der Waals surface area contributed by atoms with E-state index in [1.807, 2.05) is 17.2 Å². The maximum atomic E-state index is 13.5. The van der Waals surface area contributed by atoms with Crippen LogP contribution in [-0.4, -0.2) is 58.1 Å². The molecular formula is C24H31N5O2. The van der Waals surface area contributed by atoms with Crippen molar-refractivity contribution in [1.29, 1.82) is 0 Å². The van der Waals surface area contributed by atoms with Crippen molar-refractivity contribution in [2.24, 2.45) is 0 Å². The predicted molar refractivity (Wildman–Crippen MR) is 119 cm³/mol. The zero-order valence-electron chi connectivity index (χ0n) is 18.0. The highest BCUT2D eigenvalue weighted by molar-refractivity contribution is 5.75. The first-order chi connectivity index (χ1) is 15.3. The fourth-order valence-electron chi connectivity index (χ4n) is 4.92. The number of carbonyl (C=O) groups is 1. The molecule has 164 valence electrons. The highest BCUT2D eigenvalue weighted by Crippen LogP contribution is 2.32. The van der Waals surface area contributed by atoms with Gasteiger partial charge in [-0.05, 0) is 49.7 Å². The quantitative estimate of drug-likeness (QED) is 0.817. The summed E-state index contributed by atoms with van der Waals surface area (Å²) in [4.78, 5) is 26.9. The van der Waals surface area contributed by atoms with E-state index in [0.717, 1.165) is 69.7 Å². The molecule has 2 aromatic rings. The van der Waals surface area contributed by atoms with Crippen LogP contribution < -0.4 is 5.32 Å². The van der Waals surface area contributed by atoms with E-state index in [0.29, 0.717) is 18.5 Å². The van der Waals surface area contributed by atoms with E-state index in [2.05, 4.69) is 39.5 Å². The smallest absolute Gasteiger partial charge is 0.320 e. The topological polar surface area (TPSA) is 70.6 Å². The average molecular weight is 422 g/mol. The lowest BCUT2D eigenvalue weighted by Gasteiger charge is -2.40. The molecule has 0 radical (unpaired) electrons. The standard InChI is InChI=1S/C24H31N5O2/c30-24(29-12-5-4-8-22(29)18-6-2-1-3-7-18)28-13-9-19-16-25-23(27-21(19)17-28)26-20-10-14-31-15-11-20/h1-3,6-7,16,20,22H,4-5,8-15,17H2,(H,25,26,27). The van der Waals surface area contributed by atoms with Gasteiger partial charge in [0.25, 0.3) is 0 Å². The summed E-state index contributed by atoms with van der Waals surface area (Å²) in [6.45, 7) is 3.66. The molecule has 31 heavy (non-hydrogen) atoms. The number of aromatic nitrogens is 2. The third-order valence-electron chi connectivity index (χ3n) is 6.70. The Morgan fingerprint density at radius 2 is 1.90 bits per heavy atom. The van der Waals surface area contributed by atoms with Crippen molar-refractivity contribution < 1.29 is 9.53 Å². The number of nitrogens with one attached hydrogen (secondary N) is 1. The SMILES string of the molecule is O=C(N1CCc2cnc(NC3CCOCC3)nc2C1)N1CCCCC1c1ccccc1. The third-order valence-corrected chi connectivity index (χ3v) is 6.70. The predicted octanol–water partition coefficient (Wildman–Crippen LogP) is 3.77. The molecular weight excluding hydrogens is 390 g/mol. The summed E-state index contributed by atoms with van der Waals surface area (Å²) >= 11 is 0. The number of carbonyl (C=O) groups excluding carboxylic acids is 1. The molecule has 1 aromatic carbocycles. The van der Waals surface area contributed by atoms with Gasteiger partial charge in [0.2, 0.25) is 5.95 Å². The van der Waals surface area contributed by atoms with E-state index in [9.17, 15) is 4.79 Å². The zero-order chi connectivity index (χ0) is 21.0. The number of rotatable bonds is 3. The monoisotopic (exact) mass is 421 g/mol. The van der Waals surface area contributed by atoms with Crippen LogP contribution in [0.15, 0.2) is 36.5 Å². The number of amides is 2.